The van der Waals surface area contributed by atoms with E-state index in [1.165, 1.54) is 36.8 Å². The van der Waals surface area contributed by atoms with Gasteiger partial charge in [0.15, 0.2) is 16.6 Å². The third-order valence-electron chi connectivity index (χ3n) is 6.31. The highest BCUT2D eigenvalue weighted by atomic mass is 32.2. The van der Waals surface area contributed by atoms with Gasteiger partial charge in [-0.2, -0.15) is 9.36 Å². The number of nitrogens with one attached hydrogen (secondary N) is 1. The summed E-state index contributed by atoms with van der Waals surface area (Å²) >= 11 is 2.11. The topological polar surface area (TPSA) is 266 Å². The molecule has 1 fully saturated rings. The Bertz CT molecular complexity index is 1490. The van der Waals surface area contributed by atoms with E-state index in [1.807, 2.05) is 0 Å². The molecule has 2 atom stereocenters. The van der Waals surface area contributed by atoms with Crippen LogP contribution in [0, 0.1) is 5.92 Å². The Hall–Kier alpha value is -4.36. The van der Waals surface area contributed by atoms with E-state index in [0.29, 0.717) is 24.4 Å². The van der Waals surface area contributed by atoms with Crippen LogP contribution in [0.1, 0.15) is 26.1 Å². The molecule has 0 aliphatic carbocycles. The monoisotopic (exact) mass is 621 g/mol. The SMILES string of the molecule is CC(C)(O/N=C(\C(=O)C[C@@H]1C(=O)N2C(C(=O)O)=C(C[n+]3cnc(N)c(NCCN)c3)CSC12)c1nsc(N)n1)C(=O)O. The molecule has 4 rings (SSSR count). The van der Waals surface area contributed by atoms with Crippen molar-refractivity contribution in [3.05, 3.63) is 29.6 Å². The lowest BCUT2D eigenvalue weighted by Gasteiger charge is -2.49. The Morgan fingerprint density at radius 2 is 2.05 bits per heavy atom. The number of fused-ring (bicyclic) bond motifs is 1. The highest BCUT2D eigenvalue weighted by Crippen LogP contribution is 2.45. The first-order chi connectivity index (χ1) is 19.8. The molecule has 0 aromatic carbocycles. The van der Waals surface area contributed by atoms with Crippen molar-refractivity contribution in [2.75, 3.05) is 35.6 Å². The molecular weight excluding hydrogens is 592 g/mol. The van der Waals surface area contributed by atoms with Gasteiger partial charge < -0.3 is 37.6 Å². The number of nitrogens with two attached hydrogens (primary N) is 3. The van der Waals surface area contributed by atoms with E-state index < -0.39 is 46.2 Å². The average molecular weight is 622 g/mol. The van der Waals surface area contributed by atoms with Crippen LogP contribution in [-0.4, -0.2) is 88.6 Å². The summed E-state index contributed by atoms with van der Waals surface area (Å²) in [6, 6.07) is 0. The van der Waals surface area contributed by atoms with Crippen LogP contribution in [-0.2, 0) is 30.6 Å². The van der Waals surface area contributed by atoms with Gasteiger partial charge in [-0.25, -0.2) is 14.2 Å². The molecule has 1 unspecified atom stereocenters. The highest BCUT2D eigenvalue weighted by Gasteiger charge is 2.54. The van der Waals surface area contributed by atoms with Gasteiger partial charge in [0.1, 0.15) is 24.1 Å². The minimum Gasteiger partial charge on any atom is -0.478 e. The molecule has 2 aromatic heterocycles. The lowest BCUT2D eigenvalue weighted by Crippen LogP contribution is -2.62. The van der Waals surface area contributed by atoms with Gasteiger partial charge in [-0.15, -0.1) is 11.8 Å². The number of carboxylic acid groups (broad SMARTS) is 2. The second-order valence-electron chi connectivity index (χ2n) is 9.76. The lowest BCUT2D eigenvalue weighted by atomic mass is 9.89. The number of amides is 1. The minimum absolute atomic E-state index is 0.0388. The number of hydrogen-bond donors (Lipinski definition) is 6. The maximum Gasteiger partial charge on any atom is 0.352 e. The molecule has 0 bridgehead atoms. The zero-order valence-electron chi connectivity index (χ0n) is 22.5. The second kappa shape index (κ2) is 12.2. The number of carbonyl (C=O) groups excluding carboxylic acids is 2. The van der Waals surface area contributed by atoms with Gasteiger partial charge in [0.2, 0.25) is 17.3 Å². The number of β-lactam (4-membered cyclic amide) rings is 1. The standard InChI is InChI=1S/C23H28N10O7S2/c1-23(2,21(38)39)40-30-14(17-29-22(26)42-31-17)13(34)5-11-18(35)33-15(20(36)37)10(8-41-19(11)33)6-32-7-12(27-4-3-24)16(25)28-9-32/h7,9,11,19,25,27H,3-6,8,24H2,1-2H3,(H4,26,29,31,36,37,38,39)/p+1/b30-14+/t11-,19?/m1/s1. The van der Waals surface area contributed by atoms with Crippen molar-refractivity contribution in [3.63, 3.8) is 0 Å². The van der Waals surface area contributed by atoms with Crippen molar-refractivity contribution in [3.8, 4) is 0 Å². The van der Waals surface area contributed by atoms with Crippen molar-refractivity contribution in [1.29, 1.82) is 0 Å². The van der Waals surface area contributed by atoms with Crippen LogP contribution in [0.3, 0.4) is 0 Å². The highest BCUT2D eigenvalue weighted by molar-refractivity contribution is 8.00. The summed E-state index contributed by atoms with van der Waals surface area (Å²) in [7, 11) is 0. The Morgan fingerprint density at radius 1 is 1.31 bits per heavy atom. The molecule has 19 heteroatoms. The largest absolute Gasteiger partial charge is 0.478 e. The van der Waals surface area contributed by atoms with E-state index in [-0.39, 0.29) is 41.2 Å². The zero-order chi connectivity index (χ0) is 30.8. The van der Waals surface area contributed by atoms with Crippen LogP contribution in [0.15, 0.2) is 29.0 Å². The Labute approximate surface area is 247 Å². The predicted octanol–water partition coefficient (Wildman–Crippen LogP) is -1.13. The van der Waals surface area contributed by atoms with Crippen molar-refractivity contribution >= 4 is 69.3 Å². The second-order valence-corrected chi connectivity index (χ2v) is 11.7. The number of carboxylic acids is 2. The zero-order valence-corrected chi connectivity index (χ0v) is 24.1. The summed E-state index contributed by atoms with van der Waals surface area (Å²) in [5, 5.41) is 25.5. The first kappa shape index (κ1) is 30.6. The molecule has 2 aliphatic rings. The third kappa shape index (κ3) is 6.26. The van der Waals surface area contributed by atoms with Gasteiger partial charge in [-0.1, -0.05) is 5.16 Å². The number of oxime groups is 1. The number of nitrogens with zero attached hydrogens (tertiary/aromatic N) is 6. The van der Waals surface area contributed by atoms with Gasteiger partial charge in [-0.05, 0) is 18.8 Å². The predicted molar refractivity (Wildman–Crippen MR) is 151 cm³/mol. The molecule has 0 spiro atoms. The normalized spacial score (nSPS) is 18.8. The van der Waals surface area contributed by atoms with Crippen LogP contribution in [0.4, 0.5) is 16.6 Å². The van der Waals surface area contributed by atoms with E-state index in [0.717, 1.165) is 11.5 Å². The Balaban J connectivity index is 1.54. The number of aromatic nitrogens is 4. The molecule has 4 heterocycles. The minimum atomic E-state index is -1.77. The van der Waals surface area contributed by atoms with Crippen LogP contribution in [0.25, 0.3) is 0 Å². The number of aliphatic carboxylic acids is 2. The van der Waals surface area contributed by atoms with Gasteiger partial charge in [0.05, 0.1) is 11.3 Å². The van der Waals surface area contributed by atoms with E-state index >= 15 is 0 Å². The summed E-state index contributed by atoms with van der Waals surface area (Å²) in [6.07, 6.45) is 2.77. The molecule has 17 nitrogen and oxygen atoms in total. The van der Waals surface area contributed by atoms with E-state index in [1.54, 1.807) is 10.8 Å². The first-order valence-electron chi connectivity index (χ1n) is 12.4. The molecule has 2 aliphatic heterocycles. The number of rotatable bonds is 13. The molecule has 0 radical (unpaired) electrons. The van der Waals surface area contributed by atoms with Crippen molar-refractivity contribution in [2.45, 2.75) is 37.8 Å². The summed E-state index contributed by atoms with van der Waals surface area (Å²) in [5.74, 6) is -4.38. The molecule has 42 heavy (non-hydrogen) atoms. The summed E-state index contributed by atoms with van der Waals surface area (Å²) in [4.78, 5) is 64.6. The lowest BCUT2D eigenvalue weighted by molar-refractivity contribution is -0.691. The van der Waals surface area contributed by atoms with E-state index in [4.69, 9.17) is 22.0 Å². The van der Waals surface area contributed by atoms with E-state index in [9.17, 15) is 29.4 Å². The van der Waals surface area contributed by atoms with Crippen LogP contribution in [0.5, 0.6) is 0 Å². The number of carbonyl (C=O) groups is 4. The fourth-order valence-electron chi connectivity index (χ4n) is 4.10. The van der Waals surface area contributed by atoms with Crippen LogP contribution < -0.4 is 27.1 Å². The molecule has 0 saturated carbocycles. The summed E-state index contributed by atoms with van der Waals surface area (Å²) < 4.78 is 5.61. The maximum absolute atomic E-state index is 13.3. The van der Waals surface area contributed by atoms with Crippen molar-refractivity contribution in [1.82, 2.24) is 19.2 Å². The Kier molecular flexibility index (Phi) is 8.92. The molecule has 1 amide bonds. The van der Waals surface area contributed by atoms with Crippen molar-refractivity contribution < 1.29 is 38.8 Å². The van der Waals surface area contributed by atoms with Gasteiger partial charge in [-0.3, -0.25) is 14.5 Å². The number of nitrogen functional groups attached to an aromatic ring is 2. The van der Waals surface area contributed by atoms with Crippen LogP contribution in [0.2, 0.25) is 0 Å². The van der Waals surface area contributed by atoms with E-state index in [2.05, 4.69) is 24.8 Å². The first-order valence-corrected chi connectivity index (χ1v) is 14.3. The van der Waals surface area contributed by atoms with Crippen LogP contribution >= 0.6 is 23.3 Å². The number of Topliss-reactive ketones (excluding diaryl/α,β-unsaturated/α-hetero) is 1. The maximum atomic E-state index is 13.3. The molecular formula is C23H29N10O7S2+. The van der Waals surface area contributed by atoms with Gasteiger partial charge in [0, 0.05) is 42.4 Å². The fourth-order valence-corrected chi connectivity index (χ4v) is 5.94. The number of anilines is 3. The molecule has 1 saturated heterocycles. The number of thioether (sulfide) groups is 1. The quantitative estimate of drug-likeness (QED) is 0.0668. The van der Waals surface area contributed by atoms with Crippen molar-refractivity contribution in [2.24, 2.45) is 16.8 Å². The summed E-state index contributed by atoms with van der Waals surface area (Å²) in [6.45, 7) is 3.44. The number of ketones is 1. The fraction of sp³-hybridized carbons (Fsp3) is 0.435. The molecule has 9 N–H and O–H groups in total. The summed E-state index contributed by atoms with van der Waals surface area (Å²) in [5.41, 5.74) is 15.7. The Morgan fingerprint density at radius 3 is 2.67 bits per heavy atom. The molecule has 2 aromatic rings. The average Bonchev–Trinajstić information content (AvgIpc) is 3.37. The third-order valence-corrected chi connectivity index (χ3v) is 8.25. The van der Waals surface area contributed by atoms with Gasteiger partial charge in [0.25, 0.3) is 12.1 Å². The van der Waals surface area contributed by atoms with Gasteiger partial charge >= 0.3 is 11.9 Å². The smallest absolute Gasteiger partial charge is 0.352 e. The molecule has 224 valence electrons. The number of hydrogen-bond acceptors (Lipinski definition) is 15.